The number of hydrogen-bond donors (Lipinski definition) is 6. The van der Waals surface area contributed by atoms with Gasteiger partial charge in [-0.3, -0.25) is 0 Å². The standard InChI is InChI=1S/C15H12O8/c16-8-3-1-6(10(12(8)18)14(20)21)5-7-2-4-9(17)13(19)11(7)15(22)23/h1-4,16-19H,5H2,(H,20,21)(H,22,23). The molecule has 0 amide bonds. The molecule has 0 saturated heterocycles. The van der Waals surface area contributed by atoms with E-state index in [2.05, 4.69) is 0 Å². The molecule has 0 spiro atoms. The molecule has 0 radical (unpaired) electrons. The van der Waals surface area contributed by atoms with Gasteiger partial charge in [0.15, 0.2) is 23.0 Å². The highest BCUT2D eigenvalue weighted by molar-refractivity contribution is 5.95. The van der Waals surface area contributed by atoms with E-state index < -0.39 is 46.1 Å². The monoisotopic (exact) mass is 320 g/mol. The Morgan fingerprint density at radius 1 is 0.696 bits per heavy atom. The van der Waals surface area contributed by atoms with Gasteiger partial charge in [-0.2, -0.15) is 0 Å². The SMILES string of the molecule is O=C(O)c1c(Cc2ccc(O)c(O)c2C(=O)O)ccc(O)c1O. The number of carboxylic acids is 2. The van der Waals surface area contributed by atoms with Crippen LogP contribution in [0.3, 0.4) is 0 Å². The number of carbonyl (C=O) groups is 2. The molecule has 0 aliphatic heterocycles. The molecule has 8 heteroatoms. The Labute approximate surface area is 129 Å². The van der Waals surface area contributed by atoms with E-state index in [1.165, 1.54) is 12.1 Å². The lowest BCUT2D eigenvalue weighted by atomic mass is 9.94. The Morgan fingerprint density at radius 3 is 1.35 bits per heavy atom. The van der Waals surface area contributed by atoms with Gasteiger partial charge in [0, 0.05) is 0 Å². The van der Waals surface area contributed by atoms with Gasteiger partial charge in [-0.15, -0.1) is 0 Å². The van der Waals surface area contributed by atoms with Crippen molar-refractivity contribution in [3.63, 3.8) is 0 Å². The highest BCUT2D eigenvalue weighted by atomic mass is 16.4. The van der Waals surface area contributed by atoms with Crippen LogP contribution in [0.1, 0.15) is 31.8 Å². The van der Waals surface area contributed by atoms with Crippen molar-refractivity contribution in [1.29, 1.82) is 0 Å². The second-order valence-corrected chi connectivity index (χ2v) is 4.72. The molecule has 6 N–H and O–H groups in total. The smallest absolute Gasteiger partial charge is 0.339 e. The van der Waals surface area contributed by atoms with Crippen molar-refractivity contribution in [2.75, 3.05) is 0 Å². The van der Waals surface area contributed by atoms with Crippen LogP contribution in [0.2, 0.25) is 0 Å². The Kier molecular flexibility index (Phi) is 4.00. The summed E-state index contributed by atoms with van der Waals surface area (Å²) in [5.41, 5.74) is -1.09. The third kappa shape index (κ3) is 2.82. The van der Waals surface area contributed by atoms with Crippen molar-refractivity contribution in [1.82, 2.24) is 0 Å². The quantitative estimate of drug-likeness (QED) is 0.463. The molecule has 2 rings (SSSR count). The molecule has 8 nitrogen and oxygen atoms in total. The lowest BCUT2D eigenvalue weighted by Gasteiger charge is -2.12. The predicted octanol–water partition coefficient (Wildman–Crippen LogP) is 1.50. The number of benzene rings is 2. The average Bonchev–Trinajstić information content (AvgIpc) is 2.46. The van der Waals surface area contributed by atoms with Gasteiger partial charge < -0.3 is 30.6 Å². The minimum atomic E-state index is -1.51. The first-order chi connectivity index (χ1) is 10.7. The number of phenolic OH excluding ortho intramolecular Hbond substituents is 2. The Balaban J connectivity index is 2.61. The fourth-order valence-corrected chi connectivity index (χ4v) is 2.22. The van der Waals surface area contributed by atoms with E-state index in [1.54, 1.807) is 0 Å². The van der Waals surface area contributed by atoms with Gasteiger partial charge in [-0.25, -0.2) is 9.59 Å². The fraction of sp³-hybridized carbons (Fsp3) is 0.0667. The maximum absolute atomic E-state index is 11.2. The van der Waals surface area contributed by atoms with E-state index in [0.29, 0.717) is 0 Å². The largest absolute Gasteiger partial charge is 0.504 e. The summed E-state index contributed by atoms with van der Waals surface area (Å²) in [5.74, 6) is -5.94. The van der Waals surface area contributed by atoms with E-state index in [9.17, 15) is 30.0 Å². The summed E-state index contributed by atoms with van der Waals surface area (Å²) in [6.45, 7) is 0. The van der Waals surface area contributed by atoms with Crippen LogP contribution in [0.15, 0.2) is 24.3 Å². The number of aromatic hydroxyl groups is 4. The molecule has 2 aromatic rings. The summed E-state index contributed by atoms with van der Waals surface area (Å²) in [5, 5.41) is 56.4. The number of rotatable bonds is 4. The van der Waals surface area contributed by atoms with Crippen molar-refractivity contribution in [2.24, 2.45) is 0 Å². The predicted molar refractivity (Wildman–Crippen MR) is 76.3 cm³/mol. The van der Waals surface area contributed by atoms with Gasteiger partial charge in [-0.05, 0) is 29.7 Å². The summed E-state index contributed by atoms with van der Waals surface area (Å²) in [7, 11) is 0. The molecule has 0 heterocycles. The van der Waals surface area contributed by atoms with Crippen molar-refractivity contribution in [3.05, 3.63) is 46.5 Å². The summed E-state index contributed by atoms with van der Waals surface area (Å²) in [6, 6.07) is 4.57. The van der Waals surface area contributed by atoms with Crippen LogP contribution in [0.5, 0.6) is 23.0 Å². The number of carboxylic acid groups (broad SMARTS) is 2. The molecular weight excluding hydrogens is 308 g/mol. The minimum Gasteiger partial charge on any atom is -0.504 e. The van der Waals surface area contributed by atoms with E-state index in [1.807, 2.05) is 0 Å². The molecule has 0 atom stereocenters. The summed E-state index contributed by atoms with van der Waals surface area (Å²) >= 11 is 0. The maximum atomic E-state index is 11.2. The number of phenols is 4. The zero-order valence-corrected chi connectivity index (χ0v) is 11.5. The topological polar surface area (TPSA) is 156 Å². The van der Waals surface area contributed by atoms with Crippen LogP contribution in [0, 0.1) is 0 Å². The molecule has 0 bridgehead atoms. The van der Waals surface area contributed by atoms with Crippen LogP contribution in [-0.2, 0) is 6.42 Å². The third-order valence-corrected chi connectivity index (χ3v) is 3.29. The van der Waals surface area contributed by atoms with Gasteiger partial charge in [0.2, 0.25) is 0 Å². The second kappa shape index (κ2) is 5.76. The lowest BCUT2D eigenvalue weighted by Crippen LogP contribution is -2.07. The van der Waals surface area contributed by atoms with Crippen LogP contribution in [0.4, 0.5) is 0 Å². The Bertz CT molecular complexity index is 742. The lowest BCUT2D eigenvalue weighted by molar-refractivity contribution is 0.0682. The van der Waals surface area contributed by atoms with E-state index >= 15 is 0 Å². The molecule has 0 aliphatic rings. The number of aromatic carboxylic acids is 2. The second-order valence-electron chi connectivity index (χ2n) is 4.72. The first-order valence-electron chi connectivity index (χ1n) is 6.28. The summed E-state index contributed by atoms with van der Waals surface area (Å²) < 4.78 is 0. The zero-order chi connectivity index (χ0) is 17.3. The van der Waals surface area contributed by atoms with Crippen LogP contribution in [-0.4, -0.2) is 42.6 Å². The first kappa shape index (κ1) is 16.0. The molecule has 120 valence electrons. The fourth-order valence-electron chi connectivity index (χ4n) is 2.22. The molecular formula is C15H12O8. The molecule has 0 fully saturated rings. The van der Waals surface area contributed by atoms with Crippen molar-refractivity contribution >= 4 is 11.9 Å². The van der Waals surface area contributed by atoms with Gasteiger partial charge in [0.25, 0.3) is 0 Å². The van der Waals surface area contributed by atoms with Crippen molar-refractivity contribution in [3.8, 4) is 23.0 Å². The molecule has 0 unspecified atom stereocenters. The Morgan fingerprint density at radius 2 is 1.04 bits per heavy atom. The van der Waals surface area contributed by atoms with Gasteiger partial charge in [-0.1, -0.05) is 12.1 Å². The molecule has 2 aromatic carbocycles. The van der Waals surface area contributed by atoms with Crippen LogP contribution in [0.25, 0.3) is 0 Å². The van der Waals surface area contributed by atoms with Crippen molar-refractivity contribution < 1.29 is 40.2 Å². The minimum absolute atomic E-state index is 0.0281. The van der Waals surface area contributed by atoms with E-state index in [-0.39, 0.29) is 17.5 Å². The highest BCUT2D eigenvalue weighted by Crippen LogP contribution is 2.36. The van der Waals surface area contributed by atoms with Crippen LogP contribution < -0.4 is 0 Å². The third-order valence-electron chi connectivity index (χ3n) is 3.29. The normalized spacial score (nSPS) is 10.4. The van der Waals surface area contributed by atoms with Gasteiger partial charge >= 0.3 is 11.9 Å². The zero-order valence-electron chi connectivity index (χ0n) is 11.5. The van der Waals surface area contributed by atoms with Crippen molar-refractivity contribution in [2.45, 2.75) is 6.42 Å². The van der Waals surface area contributed by atoms with Gasteiger partial charge in [0.05, 0.1) is 0 Å². The van der Waals surface area contributed by atoms with E-state index in [4.69, 9.17) is 10.2 Å². The molecule has 0 aliphatic carbocycles. The van der Waals surface area contributed by atoms with E-state index in [0.717, 1.165) is 12.1 Å². The average molecular weight is 320 g/mol. The molecule has 0 saturated carbocycles. The Hall–Kier alpha value is -3.42. The van der Waals surface area contributed by atoms with Gasteiger partial charge in [0.1, 0.15) is 11.1 Å². The maximum Gasteiger partial charge on any atom is 0.339 e. The summed E-state index contributed by atoms with van der Waals surface area (Å²) in [6.07, 6.45) is -0.259. The summed E-state index contributed by atoms with van der Waals surface area (Å²) in [4.78, 5) is 22.5. The first-order valence-corrected chi connectivity index (χ1v) is 6.28. The number of hydrogen-bond acceptors (Lipinski definition) is 6. The molecule has 0 aromatic heterocycles. The van der Waals surface area contributed by atoms with Crippen LogP contribution >= 0.6 is 0 Å². The highest BCUT2D eigenvalue weighted by Gasteiger charge is 2.23. The molecule has 23 heavy (non-hydrogen) atoms.